The molecule has 1 amide bonds. The Hall–Kier alpha value is -1.79. The molecule has 1 aliphatic heterocycles. The number of rotatable bonds is 2. The predicted octanol–water partition coefficient (Wildman–Crippen LogP) is 2.45. The summed E-state index contributed by atoms with van der Waals surface area (Å²) in [4.78, 5) is 15.4. The molecule has 1 aromatic heterocycles. The molecule has 21 heavy (non-hydrogen) atoms. The number of carbonyl (C=O) groups excluding carboxylic acids is 1. The van der Waals surface area contributed by atoms with E-state index in [9.17, 15) is 4.79 Å². The predicted molar refractivity (Wildman–Crippen MR) is 81.3 cm³/mol. The molecule has 3 rings (SSSR count). The Balaban J connectivity index is 1.88. The highest BCUT2D eigenvalue weighted by molar-refractivity contribution is 7.09. The van der Waals surface area contributed by atoms with Gasteiger partial charge in [-0.1, -0.05) is 34.8 Å². The molecule has 1 aromatic carbocycles. The van der Waals surface area contributed by atoms with Crippen LogP contribution in [-0.2, 0) is 4.74 Å². The molecule has 0 radical (unpaired) electrons. The lowest BCUT2D eigenvalue weighted by Gasteiger charge is -2.35. The number of aromatic nitrogens is 2. The molecule has 2 atom stereocenters. The van der Waals surface area contributed by atoms with Crippen LogP contribution in [0.5, 0.6) is 0 Å². The van der Waals surface area contributed by atoms with Crippen LogP contribution in [0.4, 0.5) is 0 Å². The Morgan fingerprint density at radius 3 is 2.57 bits per heavy atom. The van der Waals surface area contributed by atoms with Crippen LogP contribution in [0.3, 0.4) is 0 Å². The molecule has 5 nitrogen and oxygen atoms in total. The van der Waals surface area contributed by atoms with Gasteiger partial charge in [0.2, 0.25) is 0 Å². The second-order valence-corrected chi connectivity index (χ2v) is 6.04. The molecule has 0 N–H and O–H groups in total. The van der Waals surface area contributed by atoms with Gasteiger partial charge in [-0.15, -0.1) is 5.10 Å². The lowest BCUT2D eigenvalue weighted by Crippen LogP contribution is -2.48. The molecule has 1 fully saturated rings. The van der Waals surface area contributed by atoms with E-state index in [1.165, 1.54) is 11.5 Å². The second-order valence-electron chi connectivity index (χ2n) is 5.28. The van der Waals surface area contributed by atoms with Crippen molar-refractivity contribution in [3.8, 4) is 10.4 Å². The SMILES string of the molecule is C[C@H]1CN(C(=O)c2nnsc2-c2ccccc2)C[C@H](C)O1. The third-order valence-corrected chi connectivity index (χ3v) is 4.21. The Kier molecular flexibility index (Phi) is 3.98. The molecular weight excluding hydrogens is 286 g/mol. The average molecular weight is 303 g/mol. The quantitative estimate of drug-likeness (QED) is 0.855. The topological polar surface area (TPSA) is 55.3 Å². The van der Waals surface area contributed by atoms with E-state index in [1.54, 1.807) is 0 Å². The molecule has 2 heterocycles. The van der Waals surface area contributed by atoms with Gasteiger partial charge in [0.25, 0.3) is 5.91 Å². The first-order valence-corrected chi connectivity index (χ1v) is 7.75. The Morgan fingerprint density at radius 2 is 1.90 bits per heavy atom. The van der Waals surface area contributed by atoms with Crippen LogP contribution >= 0.6 is 11.5 Å². The van der Waals surface area contributed by atoms with Crippen molar-refractivity contribution in [1.29, 1.82) is 0 Å². The van der Waals surface area contributed by atoms with Crippen molar-refractivity contribution >= 4 is 17.4 Å². The molecule has 6 heteroatoms. The van der Waals surface area contributed by atoms with Gasteiger partial charge in [0.15, 0.2) is 5.69 Å². The summed E-state index contributed by atoms with van der Waals surface area (Å²) in [7, 11) is 0. The number of carbonyl (C=O) groups is 1. The maximum Gasteiger partial charge on any atom is 0.276 e. The summed E-state index contributed by atoms with van der Waals surface area (Å²) in [5.74, 6) is -0.0652. The average Bonchev–Trinajstić information content (AvgIpc) is 2.95. The Labute approximate surface area is 127 Å². The van der Waals surface area contributed by atoms with E-state index < -0.39 is 0 Å². The number of amides is 1. The number of morpholine rings is 1. The number of hydrogen-bond donors (Lipinski definition) is 0. The van der Waals surface area contributed by atoms with E-state index >= 15 is 0 Å². The van der Waals surface area contributed by atoms with Crippen molar-refractivity contribution in [2.24, 2.45) is 0 Å². The van der Waals surface area contributed by atoms with Crippen molar-refractivity contribution in [2.75, 3.05) is 13.1 Å². The molecule has 2 aromatic rings. The number of benzene rings is 1. The van der Waals surface area contributed by atoms with Crippen molar-refractivity contribution in [1.82, 2.24) is 14.5 Å². The standard InChI is InChI=1S/C15H17N3O2S/c1-10-8-18(9-11(2)20-10)15(19)13-14(21-17-16-13)12-6-4-3-5-7-12/h3-7,10-11H,8-9H2,1-2H3/t10-,11-/m0/s1. The number of ether oxygens (including phenoxy) is 1. The zero-order valence-corrected chi connectivity index (χ0v) is 12.8. The monoisotopic (exact) mass is 303 g/mol. The smallest absolute Gasteiger partial charge is 0.276 e. The van der Waals surface area contributed by atoms with E-state index in [2.05, 4.69) is 9.59 Å². The summed E-state index contributed by atoms with van der Waals surface area (Å²) in [6, 6.07) is 9.78. The van der Waals surface area contributed by atoms with E-state index in [0.717, 1.165) is 10.4 Å². The van der Waals surface area contributed by atoms with Crippen LogP contribution in [0, 0.1) is 0 Å². The van der Waals surface area contributed by atoms with E-state index in [1.807, 2.05) is 49.1 Å². The summed E-state index contributed by atoms with van der Waals surface area (Å²) >= 11 is 1.26. The zero-order valence-electron chi connectivity index (χ0n) is 12.0. The minimum absolute atomic E-state index is 0.0458. The first kappa shape index (κ1) is 14.2. The minimum atomic E-state index is -0.0652. The van der Waals surface area contributed by atoms with Gasteiger partial charge in [-0.05, 0) is 30.9 Å². The van der Waals surface area contributed by atoms with Crippen molar-refractivity contribution in [2.45, 2.75) is 26.1 Å². The molecule has 0 unspecified atom stereocenters. The van der Waals surface area contributed by atoms with Crippen molar-refractivity contribution in [3.63, 3.8) is 0 Å². The van der Waals surface area contributed by atoms with Crippen LogP contribution in [0.25, 0.3) is 10.4 Å². The van der Waals surface area contributed by atoms with Crippen molar-refractivity contribution < 1.29 is 9.53 Å². The second kappa shape index (κ2) is 5.91. The highest BCUT2D eigenvalue weighted by Gasteiger charge is 2.29. The maximum atomic E-state index is 12.7. The Morgan fingerprint density at radius 1 is 1.24 bits per heavy atom. The Bertz CT molecular complexity index is 619. The summed E-state index contributed by atoms with van der Waals surface area (Å²) in [5, 5.41) is 4.05. The van der Waals surface area contributed by atoms with Crippen LogP contribution in [0.2, 0.25) is 0 Å². The third kappa shape index (κ3) is 2.96. The molecule has 1 saturated heterocycles. The summed E-state index contributed by atoms with van der Waals surface area (Å²) in [5.41, 5.74) is 1.41. The van der Waals surface area contributed by atoms with Crippen LogP contribution in [0.15, 0.2) is 30.3 Å². The van der Waals surface area contributed by atoms with Gasteiger partial charge < -0.3 is 9.64 Å². The fourth-order valence-corrected chi connectivity index (χ4v) is 3.26. The van der Waals surface area contributed by atoms with Gasteiger partial charge in [-0.3, -0.25) is 4.79 Å². The summed E-state index contributed by atoms with van der Waals surface area (Å²) < 4.78 is 9.64. The molecular formula is C15H17N3O2S. The highest BCUT2D eigenvalue weighted by atomic mass is 32.1. The molecule has 1 aliphatic rings. The van der Waals surface area contributed by atoms with Gasteiger partial charge in [0, 0.05) is 13.1 Å². The largest absolute Gasteiger partial charge is 0.372 e. The highest BCUT2D eigenvalue weighted by Crippen LogP contribution is 2.27. The van der Waals surface area contributed by atoms with E-state index in [4.69, 9.17) is 4.74 Å². The van der Waals surface area contributed by atoms with Gasteiger partial charge in [0.05, 0.1) is 17.1 Å². The van der Waals surface area contributed by atoms with Crippen molar-refractivity contribution in [3.05, 3.63) is 36.0 Å². The minimum Gasteiger partial charge on any atom is -0.372 e. The molecule has 0 bridgehead atoms. The zero-order chi connectivity index (χ0) is 14.8. The van der Waals surface area contributed by atoms with Gasteiger partial charge in [-0.25, -0.2) is 0 Å². The van der Waals surface area contributed by atoms with E-state index in [-0.39, 0.29) is 18.1 Å². The fourth-order valence-electron chi connectivity index (χ4n) is 2.60. The van der Waals surface area contributed by atoms with Gasteiger partial charge >= 0.3 is 0 Å². The fraction of sp³-hybridized carbons (Fsp3) is 0.400. The maximum absolute atomic E-state index is 12.7. The summed E-state index contributed by atoms with van der Waals surface area (Å²) in [6.07, 6.45) is 0.0916. The van der Waals surface area contributed by atoms with Crippen LogP contribution in [-0.4, -0.2) is 45.7 Å². The summed E-state index contributed by atoms with van der Waals surface area (Å²) in [6.45, 7) is 5.14. The van der Waals surface area contributed by atoms with Crippen LogP contribution < -0.4 is 0 Å². The van der Waals surface area contributed by atoms with Gasteiger partial charge in [0.1, 0.15) is 0 Å². The first-order valence-electron chi connectivity index (χ1n) is 6.97. The lowest BCUT2D eigenvalue weighted by atomic mass is 10.1. The third-order valence-electron chi connectivity index (χ3n) is 3.43. The first-order chi connectivity index (χ1) is 10.1. The number of nitrogens with zero attached hydrogens (tertiary/aromatic N) is 3. The normalized spacial score (nSPS) is 22.3. The number of hydrogen-bond acceptors (Lipinski definition) is 5. The van der Waals surface area contributed by atoms with Gasteiger partial charge in [-0.2, -0.15) is 0 Å². The lowest BCUT2D eigenvalue weighted by molar-refractivity contribution is -0.0587. The molecule has 0 saturated carbocycles. The molecule has 0 aliphatic carbocycles. The molecule has 110 valence electrons. The van der Waals surface area contributed by atoms with Crippen LogP contribution in [0.1, 0.15) is 24.3 Å². The molecule has 0 spiro atoms. The van der Waals surface area contributed by atoms with E-state index in [0.29, 0.717) is 18.8 Å².